The van der Waals surface area contributed by atoms with Gasteiger partial charge in [-0.25, -0.2) is 0 Å². The molecule has 1 heterocycles. The first-order valence-electron chi connectivity index (χ1n) is 4.72. The number of hydrogen-bond acceptors (Lipinski definition) is 2. The minimum atomic E-state index is -4.11. The first-order chi connectivity index (χ1) is 7.51. The van der Waals surface area contributed by atoms with Crippen molar-refractivity contribution >= 4 is 15.9 Å². The topological polar surface area (TPSA) is 22.1 Å². The summed E-state index contributed by atoms with van der Waals surface area (Å²) in [5.74, 6) is 0.492. The summed E-state index contributed by atoms with van der Waals surface area (Å²) >= 11 is 3.24. The summed E-state index contributed by atoms with van der Waals surface area (Å²) in [6.07, 6.45) is -3.46. The van der Waals surface area contributed by atoms with Gasteiger partial charge in [0.15, 0.2) is 0 Å². The molecule has 0 N–H and O–H groups in total. The van der Waals surface area contributed by atoms with Gasteiger partial charge in [0.1, 0.15) is 5.75 Å². The lowest BCUT2D eigenvalue weighted by Crippen LogP contribution is -2.09. The molecule has 1 aromatic heterocycles. The van der Waals surface area contributed by atoms with Crippen LogP contribution in [-0.2, 0) is 5.33 Å². The van der Waals surface area contributed by atoms with E-state index in [4.69, 9.17) is 4.74 Å². The van der Waals surface area contributed by atoms with Gasteiger partial charge in [0.2, 0.25) is 0 Å². The van der Waals surface area contributed by atoms with Crippen LogP contribution in [-0.4, -0.2) is 17.8 Å². The Bertz CT molecular complexity index is 313. The molecule has 0 saturated heterocycles. The molecule has 0 aliphatic heterocycles. The van der Waals surface area contributed by atoms with E-state index < -0.39 is 12.6 Å². The van der Waals surface area contributed by atoms with Crippen LogP contribution in [0.25, 0.3) is 0 Å². The quantitative estimate of drug-likeness (QED) is 0.611. The van der Waals surface area contributed by atoms with Crippen LogP contribution in [0.2, 0.25) is 0 Å². The minimum Gasteiger partial charge on any atom is -0.492 e. The third kappa shape index (κ3) is 5.34. The van der Waals surface area contributed by atoms with E-state index in [0.717, 1.165) is 5.69 Å². The Morgan fingerprint density at radius 1 is 1.31 bits per heavy atom. The number of pyridine rings is 1. The van der Waals surface area contributed by atoms with Crippen molar-refractivity contribution in [3.8, 4) is 5.75 Å². The predicted molar refractivity (Wildman–Crippen MR) is 57.7 cm³/mol. The van der Waals surface area contributed by atoms with Crippen molar-refractivity contribution in [2.75, 3.05) is 6.61 Å². The summed E-state index contributed by atoms with van der Waals surface area (Å²) in [6, 6.07) is 3.45. The zero-order valence-electron chi connectivity index (χ0n) is 8.43. The molecular weight excluding hydrogens is 287 g/mol. The standard InChI is InChI=1S/C10H11BrF3NO/c11-6-8-2-3-9(7-15-8)16-5-1-4-10(12,13)14/h2-3,7H,1,4-6H2. The monoisotopic (exact) mass is 297 g/mol. The molecule has 0 aliphatic carbocycles. The van der Waals surface area contributed by atoms with Gasteiger partial charge in [-0.1, -0.05) is 15.9 Å². The summed E-state index contributed by atoms with van der Waals surface area (Å²) in [7, 11) is 0. The molecule has 1 aromatic rings. The van der Waals surface area contributed by atoms with E-state index in [0.29, 0.717) is 11.1 Å². The van der Waals surface area contributed by atoms with Gasteiger partial charge in [-0.3, -0.25) is 4.98 Å². The zero-order valence-corrected chi connectivity index (χ0v) is 10.0. The van der Waals surface area contributed by atoms with Gasteiger partial charge in [-0.05, 0) is 18.6 Å². The van der Waals surface area contributed by atoms with E-state index in [1.54, 1.807) is 12.1 Å². The molecule has 0 saturated carbocycles. The Morgan fingerprint density at radius 2 is 2.06 bits per heavy atom. The highest BCUT2D eigenvalue weighted by molar-refractivity contribution is 9.08. The van der Waals surface area contributed by atoms with E-state index >= 15 is 0 Å². The normalized spacial score (nSPS) is 11.5. The summed E-state index contributed by atoms with van der Waals surface area (Å²) in [6.45, 7) is 0.0504. The van der Waals surface area contributed by atoms with Gasteiger partial charge in [0.05, 0.1) is 18.5 Å². The zero-order chi connectivity index (χ0) is 12.0. The molecular formula is C10H11BrF3NO. The second-order valence-electron chi connectivity index (χ2n) is 3.19. The lowest BCUT2D eigenvalue weighted by molar-refractivity contribution is -0.136. The van der Waals surface area contributed by atoms with Crippen LogP contribution >= 0.6 is 15.9 Å². The molecule has 1 rings (SSSR count). The van der Waals surface area contributed by atoms with E-state index in [1.807, 2.05) is 0 Å². The fraction of sp³-hybridized carbons (Fsp3) is 0.500. The fourth-order valence-corrected chi connectivity index (χ4v) is 1.37. The Kier molecular flexibility index (Phi) is 5.05. The van der Waals surface area contributed by atoms with Crippen molar-refractivity contribution in [1.82, 2.24) is 4.98 Å². The first-order valence-corrected chi connectivity index (χ1v) is 5.84. The summed E-state index contributed by atoms with van der Waals surface area (Å²) in [5.41, 5.74) is 0.850. The molecule has 0 bridgehead atoms. The molecule has 0 fully saturated rings. The smallest absolute Gasteiger partial charge is 0.389 e. The van der Waals surface area contributed by atoms with Gasteiger partial charge in [-0.2, -0.15) is 13.2 Å². The average Bonchev–Trinajstić information content (AvgIpc) is 2.24. The molecule has 0 amide bonds. The van der Waals surface area contributed by atoms with Crippen LogP contribution in [0.3, 0.4) is 0 Å². The molecule has 0 aromatic carbocycles. The third-order valence-electron chi connectivity index (χ3n) is 1.81. The molecule has 0 spiro atoms. The maximum Gasteiger partial charge on any atom is 0.389 e. The lowest BCUT2D eigenvalue weighted by atomic mass is 10.3. The summed E-state index contributed by atoms with van der Waals surface area (Å²) < 4.78 is 40.5. The maximum absolute atomic E-state index is 11.8. The largest absolute Gasteiger partial charge is 0.492 e. The van der Waals surface area contributed by atoms with Crippen molar-refractivity contribution in [3.63, 3.8) is 0 Å². The van der Waals surface area contributed by atoms with Crippen LogP contribution in [0.15, 0.2) is 18.3 Å². The van der Waals surface area contributed by atoms with Crippen LogP contribution in [0.1, 0.15) is 18.5 Å². The van der Waals surface area contributed by atoms with Crippen LogP contribution in [0, 0.1) is 0 Å². The highest BCUT2D eigenvalue weighted by atomic mass is 79.9. The number of ether oxygens (including phenoxy) is 1. The van der Waals surface area contributed by atoms with E-state index in [2.05, 4.69) is 20.9 Å². The molecule has 0 atom stereocenters. The number of alkyl halides is 4. The van der Waals surface area contributed by atoms with Gasteiger partial charge in [0.25, 0.3) is 0 Å². The second kappa shape index (κ2) is 6.08. The number of aromatic nitrogens is 1. The van der Waals surface area contributed by atoms with Crippen molar-refractivity contribution in [3.05, 3.63) is 24.0 Å². The average molecular weight is 298 g/mol. The minimum absolute atomic E-state index is 0.0380. The van der Waals surface area contributed by atoms with Crippen molar-refractivity contribution < 1.29 is 17.9 Å². The Labute approximate surface area is 100.0 Å². The van der Waals surface area contributed by atoms with Crippen LogP contribution < -0.4 is 4.74 Å². The van der Waals surface area contributed by atoms with Crippen molar-refractivity contribution in [2.45, 2.75) is 24.3 Å². The van der Waals surface area contributed by atoms with Gasteiger partial charge >= 0.3 is 6.18 Å². The second-order valence-corrected chi connectivity index (χ2v) is 3.75. The highest BCUT2D eigenvalue weighted by Crippen LogP contribution is 2.21. The van der Waals surface area contributed by atoms with Crippen LogP contribution in [0.4, 0.5) is 13.2 Å². The molecule has 90 valence electrons. The Hall–Kier alpha value is -0.780. The van der Waals surface area contributed by atoms with Crippen molar-refractivity contribution in [2.24, 2.45) is 0 Å². The molecule has 2 nitrogen and oxygen atoms in total. The number of hydrogen-bond donors (Lipinski definition) is 0. The van der Waals surface area contributed by atoms with Gasteiger partial charge in [0, 0.05) is 11.8 Å². The third-order valence-corrected chi connectivity index (χ3v) is 2.38. The molecule has 0 radical (unpaired) electrons. The van der Waals surface area contributed by atoms with E-state index in [1.165, 1.54) is 6.20 Å². The molecule has 0 aliphatic rings. The van der Waals surface area contributed by atoms with Crippen LogP contribution in [0.5, 0.6) is 5.75 Å². The first kappa shape index (κ1) is 13.3. The number of nitrogens with zero attached hydrogens (tertiary/aromatic N) is 1. The highest BCUT2D eigenvalue weighted by Gasteiger charge is 2.26. The SMILES string of the molecule is FC(F)(F)CCCOc1ccc(CBr)nc1. The van der Waals surface area contributed by atoms with Gasteiger partial charge in [-0.15, -0.1) is 0 Å². The fourth-order valence-electron chi connectivity index (χ4n) is 1.04. The lowest BCUT2D eigenvalue weighted by Gasteiger charge is -2.07. The molecule has 6 heteroatoms. The van der Waals surface area contributed by atoms with E-state index in [9.17, 15) is 13.2 Å². The Balaban J connectivity index is 2.27. The van der Waals surface area contributed by atoms with E-state index in [-0.39, 0.29) is 13.0 Å². The molecule has 16 heavy (non-hydrogen) atoms. The summed E-state index contributed by atoms with van der Waals surface area (Å²) in [5, 5.41) is 0.640. The van der Waals surface area contributed by atoms with Gasteiger partial charge < -0.3 is 4.74 Å². The number of halogens is 4. The maximum atomic E-state index is 11.8. The Morgan fingerprint density at radius 3 is 2.56 bits per heavy atom. The predicted octanol–water partition coefficient (Wildman–Crippen LogP) is 3.70. The van der Waals surface area contributed by atoms with Crippen molar-refractivity contribution in [1.29, 1.82) is 0 Å². The summed E-state index contributed by atoms with van der Waals surface area (Å²) in [4.78, 5) is 4.03. The molecule has 0 unspecified atom stereocenters. The number of rotatable bonds is 5.